The molecule has 94 valence electrons. The molecule has 0 N–H and O–H groups in total. The molecule has 0 saturated carbocycles. The van der Waals surface area contributed by atoms with Gasteiger partial charge in [0.25, 0.3) is 6.43 Å². The maximum absolute atomic E-state index is 12.6. The molecular weight excluding hydrogens is 252 g/mol. The number of aromatic nitrogens is 1. The number of nitriles is 1. The highest BCUT2D eigenvalue weighted by Gasteiger charge is 2.32. The standard InChI is InChI=1S/C9H5F2N3O4/c1-18-9(15)5-2-4(3-12)13-6(8(10)11)7(5)14(16)17/h2,8H,1H3. The van der Waals surface area contributed by atoms with Crippen LogP contribution in [0.3, 0.4) is 0 Å². The van der Waals surface area contributed by atoms with Crippen molar-refractivity contribution in [1.29, 1.82) is 5.26 Å². The van der Waals surface area contributed by atoms with Gasteiger partial charge in [0.2, 0.25) is 0 Å². The van der Waals surface area contributed by atoms with Crippen LogP contribution in [0.4, 0.5) is 14.5 Å². The maximum Gasteiger partial charge on any atom is 0.345 e. The summed E-state index contributed by atoms with van der Waals surface area (Å²) in [5, 5.41) is 19.3. The first-order chi connectivity index (χ1) is 8.42. The molecule has 0 aromatic carbocycles. The molecule has 1 aromatic rings. The summed E-state index contributed by atoms with van der Waals surface area (Å²) in [5.41, 5.74) is -3.66. The minimum atomic E-state index is -3.29. The van der Waals surface area contributed by atoms with E-state index in [1.54, 1.807) is 0 Å². The topological polar surface area (TPSA) is 106 Å². The summed E-state index contributed by atoms with van der Waals surface area (Å²) in [5.74, 6) is -1.19. The number of nitro groups is 1. The van der Waals surface area contributed by atoms with Gasteiger partial charge in [-0.25, -0.2) is 18.6 Å². The quantitative estimate of drug-likeness (QED) is 0.462. The van der Waals surface area contributed by atoms with Crippen molar-refractivity contribution in [2.75, 3.05) is 7.11 Å². The summed E-state index contributed by atoms with van der Waals surface area (Å²) in [4.78, 5) is 23.9. The molecule has 0 radical (unpaired) electrons. The molecule has 1 rings (SSSR count). The van der Waals surface area contributed by atoms with E-state index in [2.05, 4.69) is 9.72 Å². The van der Waals surface area contributed by atoms with Gasteiger partial charge in [0.1, 0.15) is 17.3 Å². The van der Waals surface area contributed by atoms with Gasteiger partial charge in [-0.2, -0.15) is 5.26 Å². The van der Waals surface area contributed by atoms with Crippen molar-refractivity contribution in [3.8, 4) is 6.07 Å². The van der Waals surface area contributed by atoms with Crippen molar-refractivity contribution >= 4 is 11.7 Å². The van der Waals surface area contributed by atoms with Gasteiger partial charge in [0, 0.05) is 0 Å². The molecule has 0 saturated heterocycles. The molecule has 0 fully saturated rings. The van der Waals surface area contributed by atoms with E-state index in [4.69, 9.17) is 5.26 Å². The van der Waals surface area contributed by atoms with E-state index in [-0.39, 0.29) is 0 Å². The van der Waals surface area contributed by atoms with Crippen molar-refractivity contribution < 1.29 is 23.2 Å². The highest BCUT2D eigenvalue weighted by atomic mass is 19.3. The van der Waals surface area contributed by atoms with Gasteiger partial charge < -0.3 is 4.74 Å². The fraction of sp³-hybridized carbons (Fsp3) is 0.222. The Hall–Kier alpha value is -2.63. The Kier molecular flexibility index (Phi) is 3.83. The monoisotopic (exact) mass is 257 g/mol. The van der Waals surface area contributed by atoms with E-state index >= 15 is 0 Å². The van der Waals surface area contributed by atoms with E-state index in [1.807, 2.05) is 0 Å². The minimum absolute atomic E-state index is 0.531. The average molecular weight is 257 g/mol. The SMILES string of the molecule is COC(=O)c1cc(C#N)nc(C(F)F)c1[N+](=O)[O-]. The average Bonchev–Trinajstić information content (AvgIpc) is 2.35. The molecule has 1 heterocycles. The van der Waals surface area contributed by atoms with Crippen LogP contribution in [-0.4, -0.2) is 23.0 Å². The van der Waals surface area contributed by atoms with Crippen molar-refractivity contribution in [1.82, 2.24) is 4.98 Å². The fourth-order valence-corrected chi connectivity index (χ4v) is 1.22. The second-order valence-corrected chi connectivity index (χ2v) is 2.95. The highest BCUT2D eigenvalue weighted by molar-refractivity contribution is 5.94. The smallest absolute Gasteiger partial charge is 0.345 e. The molecule has 0 unspecified atom stereocenters. The van der Waals surface area contributed by atoms with Crippen LogP contribution < -0.4 is 0 Å². The van der Waals surface area contributed by atoms with Crippen LogP contribution in [0.25, 0.3) is 0 Å². The number of hydrogen-bond acceptors (Lipinski definition) is 6. The number of carbonyl (C=O) groups excluding carboxylic acids is 1. The van der Waals surface area contributed by atoms with Gasteiger partial charge >= 0.3 is 11.7 Å². The lowest BCUT2D eigenvalue weighted by molar-refractivity contribution is -0.387. The van der Waals surface area contributed by atoms with Gasteiger partial charge in [0.05, 0.1) is 12.0 Å². The first-order valence-electron chi connectivity index (χ1n) is 4.38. The number of rotatable bonds is 3. The van der Waals surface area contributed by atoms with Crippen LogP contribution in [-0.2, 0) is 4.74 Å². The third-order valence-electron chi connectivity index (χ3n) is 1.93. The zero-order valence-electron chi connectivity index (χ0n) is 8.89. The number of methoxy groups -OCH3 is 1. The van der Waals surface area contributed by atoms with Gasteiger partial charge in [-0.05, 0) is 6.07 Å². The predicted molar refractivity (Wildman–Crippen MR) is 51.9 cm³/mol. The van der Waals surface area contributed by atoms with Crippen LogP contribution in [0, 0.1) is 21.4 Å². The van der Waals surface area contributed by atoms with E-state index in [1.165, 1.54) is 6.07 Å². The van der Waals surface area contributed by atoms with Crippen LogP contribution in [0.15, 0.2) is 6.07 Å². The molecular formula is C9H5F2N3O4. The number of alkyl halides is 2. The lowest BCUT2D eigenvalue weighted by Crippen LogP contribution is -2.11. The summed E-state index contributed by atoms with van der Waals surface area (Å²) in [7, 11) is 0.931. The van der Waals surface area contributed by atoms with E-state index in [0.717, 1.165) is 13.2 Å². The van der Waals surface area contributed by atoms with E-state index < -0.39 is 40.0 Å². The highest BCUT2D eigenvalue weighted by Crippen LogP contribution is 2.31. The van der Waals surface area contributed by atoms with Crippen molar-refractivity contribution in [3.05, 3.63) is 33.1 Å². The van der Waals surface area contributed by atoms with Crippen LogP contribution >= 0.6 is 0 Å². The third kappa shape index (κ3) is 2.37. The van der Waals surface area contributed by atoms with Crippen molar-refractivity contribution in [3.63, 3.8) is 0 Å². The second kappa shape index (κ2) is 5.13. The normalized spacial score (nSPS) is 9.94. The Morgan fingerprint density at radius 2 is 2.28 bits per heavy atom. The Morgan fingerprint density at radius 1 is 1.67 bits per heavy atom. The van der Waals surface area contributed by atoms with Gasteiger partial charge in [0.15, 0.2) is 5.69 Å². The fourth-order valence-electron chi connectivity index (χ4n) is 1.22. The number of hydrogen-bond donors (Lipinski definition) is 0. The summed E-state index contributed by atoms with van der Waals surface area (Å²) in [6.45, 7) is 0. The lowest BCUT2D eigenvalue weighted by Gasteiger charge is -2.05. The number of nitrogens with zero attached hydrogens (tertiary/aromatic N) is 3. The Bertz CT molecular complexity index is 553. The third-order valence-corrected chi connectivity index (χ3v) is 1.93. The molecule has 7 nitrogen and oxygen atoms in total. The number of pyridine rings is 1. The van der Waals surface area contributed by atoms with Gasteiger partial charge in [-0.15, -0.1) is 0 Å². The predicted octanol–water partition coefficient (Wildman–Crippen LogP) is 1.59. The molecule has 0 aliphatic rings. The van der Waals surface area contributed by atoms with Gasteiger partial charge in [-0.3, -0.25) is 10.1 Å². The molecule has 0 bridgehead atoms. The number of esters is 1. The molecule has 0 aliphatic heterocycles. The van der Waals surface area contributed by atoms with Crippen LogP contribution in [0.1, 0.15) is 28.2 Å². The number of halogens is 2. The van der Waals surface area contributed by atoms with E-state index in [9.17, 15) is 23.7 Å². The summed E-state index contributed by atoms with van der Waals surface area (Å²) in [6, 6.07) is 2.16. The Labute approximate surface area is 98.8 Å². The first kappa shape index (κ1) is 13.4. The van der Waals surface area contributed by atoms with Gasteiger partial charge in [-0.1, -0.05) is 0 Å². The zero-order chi connectivity index (χ0) is 13.9. The largest absolute Gasteiger partial charge is 0.465 e. The number of ether oxygens (including phenoxy) is 1. The lowest BCUT2D eigenvalue weighted by atomic mass is 10.1. The molecule has 9 heteroatoms. The summed E-state index contributed by atoms with van der Waals surface area (Å²) in [6.07, 6.45) is -3.29. The van der Waals surface area contributed by atoms with Crippen LogP contribution in [0.5, 0.6) is 0 Å². The molecule has 0 amide bonds. The van der Waals surface area contributed by atoms with E-state index in [0.29, 0.717) is 0 Å². The van der Waals surface area contributed by atoms with Crippen molar-refractivity contribution in [2.45, 2.75) is 6.43 Å². The molecule has 0 aliphatic carbocycles. The molecule has 18 heavy (non-hydrogen) atoms. The Morgan fingerprint density at radius 3 is 2.67 bits per heavy atom. The molecule has 1 aromatic heterocycles. The summed E-state index contributed by atoms with van der Waals surface area (Å²) >= 11 is 0. The molecule has 0 atom stereocenters. The number of carbonyl (C=O) groups is 1. The zero-order valence-corrected chi connectivity index (χ0v) is 8.89. The first-order valence-corrected chi connectivity index (χ1v) is 4.38. The Balaban J connectivity index is 3.66. The van der Waals surface area contributed by atoms with Crippen molar-refractivity contribution in [2.24, 2.45) is 0 Å². The van der Waals surface area contributed by atoms with Crippen LogP contribution in [0.2, 0.25) is 0 Å². The minimum Gasteiger partial charge on any atom is -0.465 e. The summed E-state index contributed by atoms with van der Waals surface area (Å²) < 4.78 is 29.5. The maximum atomic E-state index is 12.6. The second-order valence-electron chi connectivity index (χ2n) is 2.95. The molecule has 0 spiro atoms.